The number of hydrogen-bond acceptors (Lipinski definition) is 6. The van der Waals surface area contributed by atoms with Crippen molar-refractivity contribution in [2.45, 2.75) is 43.4 Å². The summed E-state index contributed by atoms with van der Waals surface area (Å²) in [5.74, 6) is 1.36. The van der Waals surface area contributed by atoms with Gasteiger partial charge in [0, 0.05) is 35.5 Å². The standard InChI is InChI=1S/C31H34N2O5S/c1-22-21-30(33-29-9-5-4-8-28(22)29)23(12-19-31(34)24-10-13-25(37-2)14-11-24)7-6-20-32-39(35,36)27-17-15-26(38-3)16-18-27/h4-5,8-11,13-18,21,23,32H,6-7,12,19-20H2,1-3H3. The number of nitrogens with zero attached hydrogens (tertiary/aromatic N) is 1. The third-order valence-electron chi connectivity index (χ3n) is 6.88. The number of ether oxygens (including phenoxy) is 2. The number of benzene rings is 3. The zero-order chi connectivity index (χ0) is 27.8. The van der Waals surface area contributed by atoms with Crippen LogP contribution < -0.4 is 14.2 Å². The van der Waals surface area contributed by atoms with Gasteiger partial charge in [0.05, 0.1) is 24.6 Å². The fourth-order valence-electron chi connectivity index (χ4n) is 4.64. The smallest absolute Gasteiger partial charge is 0.240 e. The van der Waals surface area contributed by atoms with Crippen LogP contribution in [-0.2, 0) is 10.0 Å². The molecule has 0 aliphatic heterocycles. The van der Waals surface area contributed by atoms with E-state index in [1.165, 1.54) is 19.2 Å². The van der Waals surface area contributed by atoms with Crippen molar-refractivity contribution in [1.29, 1.82) is 0 Å². The number of sulfonamides is 1. The molecular formula is C31H34N2O5S. The number of carbonyl (C=O) groups excluding carboxylic acids is 1. The zero-order valence-corrected chi connectivity index (χ0v) is 23.3. The average molecular weight is 547 g/mol. The van der Waals surface area contributed by atoms with E-state index in [4.69, 9.17) is 14.5 Å². The Bertz CT molecular complexity index is 1520. The minimum Gasteiger partial charge on any atom is -0.497 e. The third-order valence-corrected chi connectivity index (χ3v) is 8.36. The second-order valence-electron chi connectivity index (χ2n) is 9.48. The van der Waals surface area contributed by atoms with Crippen LogP contribution in [0.4, 0.5) is 0 Å². The van der Waals surface area contributed by atoms with Crippen LogP contribution in [0.3, 0.4) is 0 Å². The summed E-state index contributed by atoms with van der Waals surface area (Å²) in [5.41, 5.74) is 3.61. The van der Waals surface area contributed by atoms with Crippen molar-refractivity contribution in [3.63, 3.8) is 0 Å². The fraction of sp³-hybridized carbons (Fsp3) is 0.290. The van der Waals surface area contributed by atoms with Crippen LogP contribution in [0, 0.1) is 6.92 Å². The van der Waals surface area contributed by atoms with Gasteiger partial charge in [0.25, 0.3) is 0 Å². The van der Waals surface area contributed by atoms with Crippen LogP contribution in [0.25, 0.3) is 10.9 Å². The molecule has 4 rings (SSSR count). The summed E-state index contributed by atoms with van der Waals surface area (Å²) in [6, 6.07) is 23.5. The van der Waals surface area contributed by atoms with Crippen molar-refractivity contribution in [1.82, 2.24) is 9.71 Å². The molecular weight excluding hydrogens is 512 g/mol. The van der Waals surface area contributed by atoms with Crippen LogP contribution >= 0.6 is 0 Å². The Labute approximate surface area is 230 Å². The molecule has 0 saturated carbocycles. The number of para-hydroxylation sites is 1. The van der Waals surface area contributed by atoms with Crippen LogP contribution in [0.5, 0.6) is 11.5 Å². The maximum Gasteiger partial charge on any atom is 0.240 e. The van der Waals surface area contributed by atoms with Crippen LogP contribution in [0.2, 0.25) is 0 Å². The highest BCUT2D eigenvalue weighted by Crippen LogP contribution is 2.29. The summed E-state index contributed by atoms with van der Waals surface area (Å²) in [6.45, 7) is 2.35. The summed E-state index contributed by atoms with van der Waals surface area (Å²) in [7, 11) is -0.506. The molecule has 3 aromatic carbocycles. The van der Waals surface area contributed by atoms with Gasteiger partial charge in [0.1, 0.15) is 11.5 Å². The second-order valence-corrected chi connectivity index (χ2v) is 11.3. The summed E-state index contributed by atoms with van der Waals surface area (Å²) in [6.07, 6.45) is 2.26. The molecule has 39 heavy (non-hydrogen) atoms. The highest BCUT2D eigenvalue weighted by atomic mass is 32.2. The number of fused-ring (bicyclic) bond motifs is 1. The molecule has 4 aromatic rings. The van der Waals surface area contributed by atoms with E-state index in [1.54, 1.807) is 43.5 Å². The van der Waals surface area contributed by atoms with E-state index in [2.05, 4.69) is 23.8 Å². The van der Waals surface area contributed by atoms with Crippen molar-refractivity contribution in [3.05, 3.63) is 95.7 Å². The number of nitrogens with one attached hydrogen (secondary N) is 1. The first kappa shape index (κ1) is 28.3. The van der Waals surface area contributed by atoms with E-state index in [0.29, 0.717) is 42.7 Å². The van der Waals surface area contributed by atoms with Crippen molar-refractivity contribution in [3.8, 4) is 11.5 Å². The highest BCUT2D eigenvalue weighted by Gasteiger charge is 2.19. The van der Waals surface area contributed by atoms with E-state index in [1.807, 2.05) is 18.2 Å². The largest absolute Gasteiger partial charge is 0.497 e. The number of rotatable bonds is 13. The SMILES string of the molecule is COc1ccc(C(=O)CCC(CCCNS(=O)(=O)c2ccc(OC)cc2)c2cc(C)c3ccccc3n2)cc1. The Kier molecular flexibility index (Phi) is 9.32. The first-order valence-electron chi connectivity index (χ1n) is 13.0. The number of carbonyl (C=O) groups is 1. The summed E-state index contributed by atoms with van der Waals surface area (Å²) < 4.78 is 38.5. The van der Waals surface area contributed by atoms with E-state index in [-0.39, 0.29) is 23.1 Å². The molecule has 0 amide bonds. The topological polar surface area (TPSA) is 94.6 Å². The van der Waals surface area contributed by atoms with Gasteiger partial charge in [-0.15, -0.1) is 0 Å². The van der Waals surface area contributed by atoms with Gasteiger partial charge in [0.15, 0.2) is 5.78 Å². The molecule has 8 heteroatoms. The molecule has 0 saturated heterocycles. The first-order valence-corrected chi connectivity index (χ1v) is 14.5. The maximum atomic E-state index is 13.0. The predicted molar refractivity (Wildman–Crippen MR) is 153 cm³/mol. The maximum absolute atomic E-state index is 13.0. The lowest BCUT2D eigenvalue weighted by Gasteiger charge is -2.18. The molecule has 1 N–H and O–H groups in total. The Morgan fingerprint density at radius 3 is 2.21 bits per heavy atom. The van der Waals surface area contributed by atoms with Gasteiger partial charge >= 0.3 is 0 Å². The second kappa shape index (κ2) is 12.9. The van der Waals surface area contributed by atoms with E-state index in [0.717, 1.165) is 22.2 Å². The van der Waals surface area contributed by atoms with Gasteiger partial charge in [-0.2, -0.15) is 0 Å². The lowest BCUT2D eigenvalue weighted by molar-refractivity contribution is 0.0976. The quantitative estimate of drug-likeness (QED) is 0.162. The molecule has 0 fully saturated rings. The summed E-state index contributed by atoms with van der Waals surface area (Å²) in [5, 5.41) is 1.10. The highest BCUT2D eigenvalue weighted by molar-refractivity contribution is 7.89. The molecule has 0 aliphatic carbocycles. The molecule has 204 valence electrons. The van der Waals surface area contributed by atoms with Gasteiger partial charge < -0.3 is 9.47 Å². The Morgan fingerprint density at radius 1 is 0.897 bits per heavy atom. The molecule has 1 unspecified atom stereocenters. The molecule has 0 aliphatic rings. The van der Waals surface area contributed by atoms with Crippen LogP contribution in [0.1, 0.15) is 53.2 Å². The van der Waals surface area contributed by atoms with Crippen molar-refractivity contribution >= 4 is 26.7 Å². The minimum atomic E-state index is -3.64. The van der Waals surface area contributed by atoms with E-state index in [9.17, 15) is 13.2 Å². The number of methoxy groups -OCH3 is 2. The Morgan fingerprint density at radius 2 is 1.54 bits per heavy atom. The van der Waals surface area contributed by atoms with Crippen molar-refractivity contribution < 1.29 is 22.7 Å². The lowest BCUT2D eigenvalue weighted by atomic mass is 9.90. The lowest BCUT2D eigenvalue weighted by Crippen LogP contribution is -2.25. The molecule has 0 radical (unpaired) electrons. The van der Waals surface area contributed by atoms with Gasteiger partial charge in [-0.3, -0.25) is 9.78 Å². The average Bonchev–Trinajstić information content (AvgIpc) is 2.96. The zero-order valence-electron chi connectivity index (χ0n) is 22.5. The monoisotopic (exact) mass is 546 g/mol. The fourth-order valence-corrected chi connectivity index (χ4v) is 5.72. The molecule has 1 aromatic heterocycles. The van der Waals surface area contributed by atoms with Crippen LogP contribution in [-0.4, -0.2) is 39.9 Å². The van der Waals surface area contributed by atoms with Crippen molar-refractivity contribution in [2.24, 2.45) is 0 Å². The van der Waals surface area contributed by atoms with E-state index < -0.39 is 10.0 Å². The number of ketones is 1. The summed E-state index contributed by atoms with van der Waals surface area (Å²) in [4.78, 5) is 18.1. The number of aryl methyl sites for hydroxylation is 1. The minimum absolute atomic E-state index is 0.000921. The van der Waals surface area contributed by atoms with Gasteiger partial charge in [0.2, 0.25) is 10.0 Å². The number of Topliss-reactive ketones (excluding diaryl/α,β-unsaturated/α-hetero) is 1. The normalized spacial score (nSPS) is 12.3. The number of aromatic nitrogens is 1. The van der Waals surface area contributed by atoms with Crippen LogP contribution in [0.15, 0.2) is 83.8 Å². The van der Waals surface area contributed by atoms with Gasteiger partial charge in [-0.1, -0.05) is 18.2 Å². The molecule has 7 nitrogen and oxygen atoms in total. The molecule has 1 heterocycles. The Hall–Kier alpha value is -3.75. The van der Waals surface area contributed by atoms with Crippen molar-refractivity contribution in [2.75, 3.05) is 20.8 Å². The third kappa shape index (κ3) is 7.22. The summed E-state index contributed by atoms with van der Waals surface area (Å²) >= 11 is 0. The molecule has 0 bridgehead atoms. The predicted octanol–water partition coefficient (Wildman–Crippen LogP) is 6.07. The molecule has 0 spiro atoms. The number of hydrogen-bond donors (Lipinski definition) is 1. The van der Waals surface area contributed by atoms with Gasteiger partial charge in [-0.25, -0.2) is 13.1 Å². The van der Waals surface area contributed by atoms with Gasteiger partial charge in [-0.05, 0) is 92.4 Å². The first-order chi connectivity index (χ1) is 18.8. The number of pyridine rings is 1. The Balaban J connectivity index is 1.46. The van der Waals surface area contributed by atoms with E-state index >= 15 is 0 Å². The molecule has 1 atom stereocenters.